The average molecular weight is 1310 g/mol. The van der Waals surface area contributed by atoms with Crippen LogP contribution in [0.5, 0.6) is 0 Å². The topological polar surface area (TPSA) is 13.0 Å². The lowest BCUT2D eigenvalue weighted by Gasteiger charge is -2.46. The second kappa shape index (κ2) is 29.8. The van der Waals surface area contributed by atoms with Gasteiger partial charge in [-0.15, -0.1) is 23.1 Å². The van der Waals surface area contributed by atoms with Gasteiger partial charge < -0.3 is 19.6 Å². The summed E-state index contributed by atoms with van der Waals surface area (Å²) in [5, 5.41) is 1.08. The maximum absolute atomic E-state index is 2.90. The van der Waals surface area contributed by atoms with Crippen molar-refractivity contribution >= 4 is 74.3 Å². The molecule has 0 N–H and O–H groups in total. The Balaban J connectivity index is 0.654. The van der Waals surface area contributed by atoms with Gasteiger partial charge in [0, 0.05) is 89.6 Å². The Hall–Kier alpha value is -9.33. The van der Waals surface area contributed by atoms with E-state index in [1.165, 1.54) is 168 Å². The fourth-order valence-electron chi connectivity index (χ4n) is 16.9. The normalized spacial score (nSPS) is 19.6. The van der Waals surface area contributed by atoms with Crippen LogP contribution in [-0.4, -0.2) is 18.1 Å². The van der Waals surface area contributed by atoms with Crippen molar-refractivity contribution in [2.24, 2.45) is 11.8 Å². The number of benzene rings is 11. The van der Waals surface area contributed by atoms with Gasteiger partial charge in [0.2, 0.25) is 0 Å². The largest absolute Gasteiger partial charge is 0.366 e. The molecule has 0 radical (unpaired) electrons. The number of thioether (sulfide) groups is 1. The summed E-state index contributed by atoms with van der Waals surface area (Å²) in [6.45, 7) is 0. The summed E-state index contributed by atoms with van der Waals surface area (Å²) in [5.41, 5.74) is 20.9. The van der Waals surface area contributed by atoms with Crippen LogP contribution in [0.1, 0.15) is 118 Å². The van der Waals surface area contributed by atoms with Crippen LogP contribution >= 0.6 is 23.1 Å². The summed E-state index contributed by atoms with van der Waals surface area (Å²) < 4.78 is 0. The van der Waals surface area contributed by atoms with E-state index in [0.717, 1.165) is 46.0 Å². The first-order valence-corrected chi connectivity index (χ1v) is 38.1. The molecule has 12 aromatic rings. The highest BCUT2D eigenvalue weighted by Gasteiger charge is 2.37. The van der Waals surface area contributed by atoms with Crippen molar-refractivity contribution in [1.82, 2.24) is 0 Å². The Labute approximate surface area is 590 Å². The SMILES string of the molecule is c1ccc(-c2ccc(-c3ccc(N(c4ccc(-c5ccc(N(c6ccccc6)c6ccccc6)cc5)cc4)c4ccc(-c5ccc(N(c6ccc(C7CCC(c8ccccc8)S7)cc6)C6CCC(C7CCC(N(c8ccccc8)C8CCCCC8)CC7)CC6)cc5)cc4)cc3)s2)cc1. The lowest BCUT2D eigenvalue weighted by atomic mass is 9.71. The van der Waals surface area contributed by atoms with E-state index < -0.39 is 0 Å². The number of thiophene rings is 1. The molecule has 4 aliphatic rings. The molecule has 11 aromatic carbocycles. The number of para-hydroxylation sites is 3. The first kappa shape index (κ1) is 63.4. The molecule has 4 fully saturated rings. The summed E-state index contributed by atoms with van der Waals surface area (Å²) in [5.74, 6) is 1.65. The Morgan fingerprint density at radius 2 is 0.541 bits per heavy atom. The van der Waals surface area contributed by atoms with Crippen LogP contribution in [0, 0.1) is 11.8 Å². The van der Waals surface area contributed by atoms with Crippen LogP contribution in [0.4, 0.5) is 51.2 Å². The van der Waals surface area contributed by atoms with Gasteiger partial charge >= 0.3 is 0 Å². The van der Waals surface area contributed by atoms with Gasteiger partial charge in [0.15, 0.2) is 0 Å². The standard InChI is InChI=1S/C92H88N4S2/c1-7-19-73(20-8-1)89-63-65-91(97-89)75-43-59-87(60-44-75)95(83-51-35-69(36-52-83)67-31-47-81(48-32-67)93(77-23-11-3-12-24-77)78-25-13-4-14-26-78)85-55-39-71(40-56-85)72-41-57-86(58-42-72)96(88-61-45-76(46-62-88)92-66-64-90(98-92)74-21-9-2-10-22-74)84-53-37-70(38-54-84)68-33-49-82(50-34-68)94(79-27-15-5-16-28-79)80-29-17-6-18-30-80/h1-5,7-16,19-28,31-32,35-36,39-48,51-52,55-63,65,68,70,80,82,84,90,92H,6,17-18,29-30,33-34,37-38,49-50,53-54,64,66H2. The van der Waals surface area contributed by atoms with Crippen molar-refractivity contribution in [2.75, 3.05) is 19.6 Å². The van der Waals surface area contributed by atoms with Crippen molar-refractivity contribution in [1.29, 1.82) is 0 Å². The van der Waals surface area contributed by atoms with Crippen LogP contribution in [0.3, 0.4) is 0 Å². The van der Waals surface area contributed by atoms with Gasteiger partial charge in [0.05, 0.1) is 0 Å². The van der Waals surface area contributed by atoms with Crippen LogP contribution in [0.25, 0.3) is 43.1 Å². The van der Waals surface area contributed by atoms with Crippen molar-refractivity contribution in [2.45, 2.75) is 125 Å². The maximum atomic E-state index is 2.90. The van der Waals surface area contributed by atoms with E-state index in [1.54, 1.807) is 0 Å². The smallest absolute Gasteiger partial charge is 0.0462 e. The van der Waals surface area contributed by atoms with E-state index in [-0.39, 0.29) is 0 Å². The van der Waals surface area contributed by atoms with E-state index in [0.29, 0.717) is 28.6 Å². The van der Waals surface area contributed by atoms with Crippen LogP contribution in [0.15, 0.2) is 309 Å². The zero-order valence-corrected chi connectivity index (χ0v) is 57.8. The molecule has 3 aliphatic carbocycles. The monoisotopic (exact) mass is 1310 g/mol. The van der Waals surface area contributed by atoms with Gasteiger partial charge in [-0.2, -0.15) is 0 Å². The first-order valence-electron chi connectivity index (χ1n) is 36.4. The Morgan fingerprint density at radius 1 is 0.224 bits per heavy atom. The molecular formula is C92H88N4S2. The second-order valence-corrected chi connectivity index (χ2v) is 30.3. The van der Waals surface area contributed by atoms with E-state index in [1.807, 2.05) is 11.3 Å². The molecule has 488 valence electrons. The molecule has 0 amide bonds. The molecule has 0 bridgehead atoms. The molecule has 1 saturated heterocycles. The summed E-state index contributed by atoms with van der Waals surface area (Å²) in [6.07, 6.45) is 19.8. The lowest BCUT2D eigenvalue weighted by Crippen LogP contribution is -2.46. The quantitative estimate of drug-likeness (QED) is 0.0798. The number of hydrogen-bond acceptors (Lipinski definition) is 6. The van der Waals surface area contributed by atoms with E-state index in [9.17, 15) is 0 Å². The van der Waals surface area contributed by atoms with Crippen molar-refractivity contribution in [3.05, 3.63) is 321 Å². The zero-order chi connectivity index (χ0) is 65.4. The second-order valence-electron chi connectivity index (χ2n) is 27.8. The van der Waals surface area contributed by atoms with Crippen molar-refractivity contribution in [3.8, 4) is 43.1 Å². The minimum Gasteiger partial charge on any atom is -0.366 e. The molecule has 2 unspecified atom stereocenters. The number of anilines is 9. The molecule has 16 rings (SSSR count). The Kier molecular flexibility index (Phi) is 19.3. The molecule has 3 saturated carbocycles. The maximum Gasteiger partial charge on any atom is 0.0462 e. The third kappa shape index (κ3) is 14.1. The highest BCUT2D eigenvalue weighted by Crippen LogP contribution is 2.53. The molecular weight excluding hydrogens is 1230 g/mol. The fraction of sp³-hybridized carbons (Fsp3) is 0.239. The Morgan fingerprint density at radius 3 is 0.969 bits per heavy atom. The third-order valence-electron chi connectivity index (χ3n) is 22.0. The highest BCUT2D eigenvalue weighted by molar-refractivity contribution is 8.00. The van der Waals surface area contributed by atoms with Gasteiger partial charge in [0.25, 0.3) is 0 Å². The number of nitrogens with zero attached hydrogens (tertiary/aromatic N) is 4. The number of rotatable bonds is 19. The van der Waals surface area contributed by atoms with Crippen molar-refractivity contribution in [3.63, 3.8) is 0 Å². The molecule has 0 spiro atoms. The summed E-state index contributed by atoms with van der Waals surface area (Å²) in [7, 11) is 0. The van der Waals surface area contributed by atoms with Gasteiger partial charge in [-0.25, -0.2) is 0 Å². The molecule has 98 heavy (non-hydrogen) atoms. The summed E-state index contributed by atoms with van der Waals surface area (Å²) >= 11 is 4.00. The zero-order valence-electron chi connectivity index (χ0n) is 56.2. The van der Waals surface area contributed by atoms with E-state index in [2.05, 4.69) is 341 Å². The minimum absolute atomic E-state index is 0.448. The molecule has 2 atom stereocenters. The van der Waals surface area contributed by atoms with E-state index >= 15 is 0 Å². The fourth-order valence-corrected chi connectivity index (χ4v) is 19.5. The van der Waals surface area contributed by atoms with Crippen molar-refractivity contribution < 1.29 is 0 Å². The summed E-state index contributed by atoms with van der Waals surface area (Å²) in [4.78, 5) is 12.9. The molecule has 6 heteroatoms. The predicted octanol–water partition coefficient (Wildman–Crippen LogP) is 26.8. The van der Waals surface area contributed by atoms with Gasteiger partial charge in [-0.3, -0.25) is 0 Å². The molecule has 1 aromatic heterocycles. The molecule has 1 aliphatic heterocycles. The average Bonchev–Trinajstić information content (AvgIpc) is 0.868. The van der Waals surface area contributed by atoms with Gasteiger partial charge in [-0.05, 0) is 255 Å². The van der Waals surface area contributed by atoms with Gasteiger partial charge in [0.1, 0.15) is 0 Å². The number of hydrogen-bond donors (Lipinski definition) is 0. The Bertz CT molecular complexity index is 4410. The summed E-state index contributed by atoms with van der Waals surface area (Å²) in [6, 6.07) is 117. The third-order valence-corrected chi connectivity index (χ3v) is 24.8. The first-order chi connectivity index (χ1) is 48.6. The lowest BCUT2D eigenvalue weighted by molar-refractivity contribution is 0.172. The van der Waals surface area contributed by atoms with E-state index in [4.69, 9.17) is 0 Å². The van der Waals surface area contributed by atoms with Crippen LogP contribution < -0.4 is 19.6 Å². The molecule has 2 heterocycles. The predicted molar refractivity (Wildman–Crippen MR) is 420 cm³/mol. The highest BCUT2D eigenvalue weighted by atomic mass is 32.2. The van der Waals surface area contributed by atoms with Crippen LogP contribution in [-0.2, 0) is 0 Å². The van der Waals surface area contributed by atoms with Gasteiger partial charge in [-0.1, -0.05) is 207 Å². The molecule has 4 nitrogen and oxygen atoms in total. The van der Waals surface area contributed by atoms with Crippen LogP contribution in [0.2, 0.25) is 0 Å². The minimum atomic E-state index is 0.448.